The van der Waals surface area contributed by atoms with Crippen molar-refractivity contribution in [1.29, 1.82) is 0 Å². The van der Waals surface area contributed by atoms with Crippen molar-refractivity contribution < 1.29 is 13.6 Å². The Morgan fingerprint density at radius 1 is 0.966 bits per heavy atom. The maximum absolute atomic E-state index is 14.1. The van der Waals surface area contributed by atoms with Crippen LogP contribution in [-0.2, 0) is 6.42 Å². The van der Waals surface area contributed by atoms with E-state index in [0.717, 1.165) is 17.7 Å². The molecule has 4 nitrogen and oxygen atoms in total. The molecule has 0 bridgehead atoms. The van der Waals surface area contributed by atoms with Crippen molar-refractivity contribution in [2.45, 2.75) is 13.3 Å². The molecule has 0 aliphatic heterocycles. The number of para-hydroxylation sites is 1. The Labute approximate surface area is 168 Å². The van der Waals surface area contributed by atoms with Gasteiger partial charge in [0, 0.05) is 11.3 Å². The van der Waals surface area contributed by atoms with Crippen LogP contribution in [-0.4, -0.2) is 10.9 Å². The average molecular weight is 386 g/mol. The molecule has 4 rings (SSSR count). The van der Waals surface area contributed by atoms with E-state index in [0.29, 0.717) is 22.5 Å². The molecule has 0 aliphatic carbocycles. The number of hydrogen-bond donors (Lipinski definition) is 1. The molecule has 1 amide bonds. The number of hydrogen-bond acceptors (Lipinski definition) is 3. The molecule has 0 spiro atoms. The molecule has 1 N–H and O–H groups in total. The molecule has 5 heteroatoms. The van der Waals surface area contributed by atoms with Crippen molar-refractivity contribution in [2.24, 2.45) is 0 Å². The lowest BCUT2D eigenvalue weighted by Gasteiger charge is -2.11. The zero-order chi connectivity index (χ0) is 20.2. The molecule has 1 aromatic heterocycles. The highest BCUT2D eigenvalue weighted by atomic mass is 19.1. The van der Waals surface area contributed by atoms with Crippen molar-refractivity contribution in [3.8, 4) is 22.8 Å². The second-order valence-corrected chi connectivity index (χ2v) is 6.52. The van der Waals surface area contributed by atoms with Gasteiger partial charge in [-0.15, -0.1) is 0 Å². The number of rotatable bonds is 5. The Balaban J connectivity index is 1.67. The second-order valence-electron chi connectivity index (χ2n) is 6.52. The average Bonchev–Trinajstić information content (AvgIpc) is 3.24. The van der Waals surface area contributed by atoms with Gasteiger partial charge >= 0.3 is 0 Å². The van der Waals surface area contributed by atoms with Crippen LogP contribution < -0.4 is 5.32 Å². The lowest BCUT2D eigenvalue weighted by Crippen LogP contribution is -2.14. The summed E-state index contributed by atoms with van der Waals surface area (Å²) in [6.45, 7) is 2.04. The smallest absolute Gasteiger partial charge is 0.256 e. The van der Waals surface area contributed by atoms with Gasteiger partial charge in [0.15, 0.2) is 5.76 Å². The van der Waals surface area contributed by atoms with Crippen LogP contribution in [0.4, 0.5) is 10.1 Å². The van der Waals surface area contributed by atoms with Gasteiger partial charge in [-0.3, -0.25) is 4.79 Å². The van der Waals surface area contributed by atoms with E-state index >= 15 is 0 Å². The molecule has 0 atom stereocenters. The summed E-state index contributed by atoms with van der Waals surface area (Å²) < 4.78 is 19.8. The van der Waals surface area contributed by atoms with E-state index in [1.165, 1.54) is 12.3 Å². The molecular weight excluding hydrogens is 367 g/mol. The first-order valence-corrected chi connectivity index (χ1v) is 9.36. The highest BCUT2D eigenvalue weighted by molar-refractivity contribution is 6.08. The zero-order valence-electron chi connectivity index (χ0n) is 15.9. The number of carbonyl (C=O) groups excluding carboxylic acids is 1. The Morgan fingerprint density at radius 2 is 1.66 bits per heavy atom. The van der Waals surface area contributed by atoms with Crippen LogP contribution in [0.2, 0.25) is 0 Å². The van der Waals surface area contributed by atoms with Crippen LogP contribution in [0.3, 0.4) is 0 Å². The largest absolute Gasteiger partial charge is 0.436 e. The standard InChI is InChI=1S/C24H19FN2O2/c1-2-16-9-3-8-14-21(16)27-23(28)17-10-4-5-11-18(17)24-26-15-22(29-24)19-12-6-7-13-20(19)25/h3-15H,2H2,1H3,(H,27,28). The number of amides is 1. The summed E-state index contributed by atoms with van der Waals surface area (Å²) in [7, 11) is 0. The first-order valence-electron chi connectivity index (χ1n) is 9.36. The summed E-state index contributed by atoms with van der Waals surface area (Å²) in [6, 6.07) is 21.1. The Hall–Kier alpha value is -3.73. The van der Waals surface area contributed by atoms with Crippen LogP contribution in [0.25, 0.3) is 22.8 Å². The van der Waals surface area contributed by atoms with Crippen molar-refractivity contribution in [1.82, 2.24) is 4.98 Å². The number of aryl methyl sites for hydroxylation is 1. The molecule has 1 heterocycles. The highest BCUT2D eigenvalue weighted by Crippen LogP contribution is 2.30. The molecule has 0 fully saturated rings. The quantitative estimate of drug-likeness (QED) is 0.460. The van der Waals surface area contributed by atoms with Gasteiger partial charge in [0.1, 0.15) is 5.82 Å². The van der Waals surface area contributed by atoms with Gasteiger partial charge in [-0.05, 0) is 42.3 Å². The fourth-order valence-corrected chi connectivity index (χ4v) is 3.19. The van der Waals surface area contributed by atoms with Crippen LogP contribution in [0, 0.1) is 5.82 Å². The normalized spacial score (nSPS) is 10.7. The molecule has 144 valence electrons. The molecule has 3 aromatic carbocycles. The summed E-state index contributed by atoms with van der Waals surface area (Å²) >= 11 is 0. The molecule has 4 aromatic rings. The molecule has 0 saturated heterocycles. The molecular formula is C24H19FN2O2. The second kappa shape index (κ2) is 8.10. The van der Waals surface area contributed by atoms with E-state index < -0.39 is 5.82 Å². The monoisotopic (exact) mass is 386 g/mol. The Bertz CT molecular complexity index is 1170. The van der Waals surface area contributed by atoms with Gasteiger partial charge in [0.25, 0.3) is 5.91 Å². The van der Waals surface area contributed by atoms with E-state index in [2.05, 4.69) is 10.3 Å². The summed E-state index contributed by atoms with van der Waals surface area (Å²) in [4.78, 5) is 17.2. The van der Waals surface area contributed by atoms with E-state index in [-0.39, 0.29) is 11.8 Å². The topological polar surface area (TPSA) is 55.1 Å². The summed E-state index contributed by atoms with van der Waals surface area (Å²) in [5.74, 6) is -0.0769. The minimum atomic E-state index is -0.391. The molecule has 29 heavy (non-hydrogen) atoms. The van der Waals surface area contributed by atoms with Gasteiger partial charge in [0.05, 0.1) is 17.3 Å². The maximum Gasteiger partial charge on any atom is 0.256 e. The Kier molecular flexibility index (Phi) is 5.20. The third-order valence-corrected chi connectivity index (χ3v) is 4.69. The third kappa shape index (κ3) is 3.80. The number of anilines is 1. The number of oxazole rings is 1. The number of carbonyl (C=O) groups is 1. The molecule has 0 aliphatic rings. The van der Waals surface area contributed by atoms with Crippen molar-refractivity contribution >= 4 is 11.6 Å². The zero-order valence-corrected chi connectivity index (χ0v) is 15.9. The maximum atomic E-state index is 14.1. The van der Waals surface area contributed by atoms with Crippen LogP contribution in [0.5, 0.6) is 0 Å². The van der Waals surface area contributed by atoms with Crippen LogP contribution in [0.1, 0.15) is 22.8 Å². The Morgan fingerprint density at radius 3 is 2.45 bits per heavy atom. The van der Waals surface area contributed by atoms with Crippen molar-refractivity contribution in [3.05, 3.63) is 95.9 Å². The van der Waals surface area contributed by atoms with Gasteiger partial charge in [-0.2, -0.15) is 0 Å². The summed E-state index contributed by atoms with van der Waals surface area (Å²) in [5.41, 5.74) is 3.12. The fraction of sp³-hybridized carbons (Fsp3) is 0.0833. The first kappa shape index (κ1) is 18.6. The predicted molar refractivity (Wildman–Crippen MR) is 111 cm³/mol. The van der Waals surface area contributed by atoms with Crippen molar-refractivity contribution in [2.75, 3.05) is 5.32 Å². The van der Waals surface area contributed by atoms with Gasteiger partial charge < -0.3 is 9.73 Å². The fourth-order valence-electron chi connectivity index (χ4n) is 3.19. The number of nitrogens with zero attached hydrogens (tertiary/aromatic N) is 1. The van der Waals surface area contributed by atoms with E-state index in [1.54, 1.807) is 42.5 Å². The highest BCUT2D eigenvalue weighted by Gasteiger charge is 2.18. The lowest BCUT2D eigenvalue weighted by atomic mass is 10.1. The van der Waals surface area contributed by atoms with Gasteiger partial charge in [0.2, 0.25) is 5.89 Å². The predicted octanol–water partition coefficient (Wildman–Crippen LogP) is 5.96. The van der Waals surface area contributed by atoms with E-state index in [9.17, 15) is 9.18 Å². The SMILES string of the molecule is CCc1ccccc1NC(=O)c1ccccc1-c1ncc(-c2ccccc2F)o1. The summed E-state index contributed by atoms with van der Waals surface area (Å²) in [5, 5.41) is 2.97. The minimum Gasteiger partial charge on any atom is -0.436 e. The third-order valence-electron chi connectivity index (χ3n) is 4.69. The van der Waals surface area contributed by atoms with Crippen molar-refractivity contribution in [3.63, 3.8) is 0 Å². The van der Waals surface area contributed by atoms with E-state index in [1.807, 2.05) is 31.2 Å². The number of halogens is 1. The number of benzene rings is 3. The first-order chi connectivity index (χ1) is 14.2. The minimum absolute atomic E-state index is 0.257. The van der Waals surface area contributed by atoms with Crippen LogP contribution >= 0.6 is 0 Å². The molecule has 0 radical (unpaired) electrons. The summed E-state index contributed by atoms with van der Waals surface area (Å²) in [6.07, 6.45) is 2.28. The lowest BCUT2D eigenvalue weighted by molar-refractivity contribution is 0.102. The van der Waals surface area contributed by atoms with E-state index in [4.69, 9.17) is 4.42 Å². The van der Waals surface area contributed by atoms with Gasteiger partial charge in [-0.25, -0.2) is 9.37 Å². The van der Waals surface area contributed by atoms with Crippen LogP contribution in [0.15, 0.2) is 83.4 Å². The molecule has 0 saturated carbocycles. The molecule has 0 unspecified atom stereocenters. The van der Waals surface area contributed by atoms with Gasteiger partial charge in [-0.1, -0.05) is 49.4 Å². The number of aromatic nitrogens is 1. The number of nitrogens with one attached hydrogen (secondary N) is 1.